The van der Waals surface area contributed by atoms with E-state index < -0.39 is 5.97 Å². The van der Waals surface area contributed by atoms with E-state index in [-0.39, 0.29) is 12.4 Å². The van der Waals surface area contributed by atoms with Crippen LogP contribution in [0, 0.1) is 5.82 Å². The van der Waals surface area contributed by atoms with Crippen LogP contribution in [0.3, 0.4) is 0 Å². The number of nitrogens with zero attached hydrogens (tertiary/aromatic N) is 2. The molecule has 0 bridgehead atoms. The molecule has 0 radical (unpaired) electrons. The summed E-state index contributed by atoms with van der Waals surface area (Å²) < 4.78 is 13.5. The van der Waals surface area contributed by atoms with Gasteiger partial charge in [-0.1, -0.05) is 12.1 Å². The number of aliphatic carboxylic acids is 1. The van der Waals surface area contributed by atoms with Gasteiger partial charge in [-0.2, -0.15) is 0 Å². The molecule has 0 atom stereocenters. The standard InChI is InChI=1S/C11H11FN2O2/c12-9-4-2-1-3-8(9)11-13-5-6-14(11)7-10(15)16/h1-4H,5-7H2,(H,15,16). The molecular formula is C11H11FN2O2. The van der Waals surface area contributed by atoms with Crippen molar-refractivity contribution in [2.45, 2.75) is 0 Å². The van der Waals surface area contributed by atoms with Gasteiger partial charge in [-0.05, 0) is 12.1 Å². The van der Waals surface area contributed by atoms with Crippen LogP contribution >= 0.6 is 0 Å². The first-order valence-electron chi connectivity index (χ1n) is 4.94. The maximum absolute atomic E-state index is 13.5. The molecule has 0 fully saturated rings. The first-order chi connectivity index (χ1) is 7.68. The second kappa shape index (κ2) is 4.30. The minimum atomic E-state index is -0.939. The normalized spacial score (nSPS) is 15.1. The Hall–Kier alpha value is -1.91. The van der Waals surface area contributed by atoms with Crippen molar-refractivity contribution in [3.05, 3.63) is 35.6 Å². The third-order valence-electron chi connectivity index (χ3n) is 2.37. The molecule has 1 N–H and O–H groups in total. The van der Waals surface area contributed by atoms with Crippen molar-refractivity contribution in [2.75, 3.05) is 19.6 Å². The predicted molar refractivity (Wildman–Crippen MR) is 57.0 cm³/mol. The van der Waals surface area contributed by atoms with E-state index in [0.717, 1.165) is 0 Å². The Labute approximate surface area is 92.0 Å². The average molecular weight is 222 g/mol. The number of aliphatic imine (C=N–C) groups is 1. The highest BCUT2D eigenvalue weighted by molar-refractivity contribution is 6.01. The van der Waals surface area contributed by atoms with Gasteiger partial charge in [0.25, 0.3) is 0 Å². The molecule has 0 spiro atoms. The van der Waals surface area contributed by atoms with Gasteiger partial charge in [-0.3, -0.25) is 9.79 Å². The molecule has 0 unspecified atom stereocenters. The van der Waals surface area contributed by atoms with Crippen molar-refractivity contribution >= 4 is 11.8 Å². The number of hydrogen-bond acceptors (Lipinski definition) is 3. The third-order valence-corrected chi connectivity index (χ3v) is 2.37. The summed E-state index contributed by atoms with van der Waals surface area (Å²) in [6.07, 6.45) is 0. The van der Waals surface area contributed by atoms with E-state index in [4.69, 9.17) is 5.11 Å². The smallest absolute Gasteiger partial charge is 0.323 e. The Morgan fingerprint density at radius 3 is 2.94 bits per heavy atom. The van der Waals surface area contributed by atoms with Gasteiger partial charge in [0.05, 0.1) is 12.1 Å². The summed E-state index contributed by atoms with van der Waals surface area (Å²) in [4.78, 5) is 16.3. The Bertz CT molecular complexity index is 445. The fraction of sp³-hybridized carbons (Fsp3) is 0.273. The number of hydrogen-bond donors (Lipinski definition) is 1. The van der Waals surface area contributed by atoms with Gasteiger partial charge >= 0.3 is 5.97 Å². The zero-order valence-corrected chi connectivity index (χ0v) is 8.56. The Morgan fingerprint density at radius 1 is 1.50 bits per heavy atom. The van der Waals surface area contributed by atoms with Crippen molar-refractivity contribution in [3.8, 4) is 0 Å². The van der Waals surface area contributed by atoms with Crippen LogP contribution in [0.2, 0.25) is 0 Å². The molecule has 1 aromatic rings. The van der Waals surface area contributed by atoms with Crippen LogP contribution < -0.4 is 0 Å². The summed E-state index contributed by atoms with van der Waals surface area (Å²) in [5.74, 6) is -0.884. The molecule has 5 heteroatoms. The number of carbonyl (C=O) groups is 1. The lowest BCUT2D eigenvalue weighted by molar-refractivity contribution is -0.137. The molecule has 1 aromatic carbocycles. The molecule has 0 amide bonds. The molecule has 0 saturated carbocycles. The molecule has 0 aliphatic carbocycles. The van der Waals surface area contributed by atoms with E-state index in [9.17, 15) is 9.18 Å². The molecule has 1 heterocycles. The lowest BCUT2D eigenvalue weighted by Gasteiger charge is -2.18. The minimum absolute atomic E-state index is 0.146. The van der Waals surface area contributed by atoms with Gasteiger partial charge < -0.3 is 10.0 Å². The number of carboxylic acids is 1. The third kappa shape index (κ3) is 2.03. The Kier molecular flexibility index (Phi) is 2.85. The molecule has 0 saturated heterocycles. The molecule has 0 aromatic heterocycles. The molecular weight excluding hydrogens is 211 g/mol. The summed E-state index contributed by atoms with van der Waals surface area (Å²) >= 11 is 0. The fourth-order valence-corrected chi connectivity index (χ4v) is 1.70. The van der Waals surface area contributed by atoms with Crippen LogP contribution in [0.4, 0.5) is 4.39 Å². The van der Waals surface area contributed by atoms with Crippen LogP contribution in [0.15, 0.2) is 29.3 Å². The monoisotopic (exact) mass is 222 g/mol. The first kappa shape index (κ1) is 10.6. The predicted octanol–water partition coefficient (Wildman–Crippen LogP) is 0.972. The minimum Gasteiger partial charge on any atom is -0.480 e. The highest BCUT2D eigenvalue weighted by Gasteiger charge is 2.22. The molecule has 84 valence electrons. The Morgan fingerprint density at radius 2 is 2.25 bits per heavy atom. The molecule has 1 aliphatic rings. The van der Waals surface area contributed by atoms with Crippen LogP contribution in [0.25, 0.3) is 0 Å². The van der Waals surface area contributed by atoms with E-state index >= 15 is 0 Å². The summed E-state index contributed by atoms with van der Waals surface area (Å²) in [6, 6.07) is 6.25. The van der Waals surface area contributed by atoms with Crippen LogP contribution in [0.5, 0.6) is 0 Å². The molecule has 16 heavy (non-hydrogen) atoms. The van der Waals surface area contributed by atoms with E-state index in [1.165, 1.54) is 6.07 Å². The zero-order valence-electron chi connectivity index (χ0n) is 8.56. The number of rotatable bonds is 3. The van der Waals surface area contributed by atoms with Crippen molar-refractivity contribution in [3.63, 3.8) is 0 Å². The van der Waals surface area contributed by atoms with Gasteiger partial charge in [-0.25, -0.2) is 4.39 Å². The van der Waals surface area contributed by atoms with Crippen molar-refractivity contribution in [2.24, 2.45) is 4.99 Å². The molecule has 1 aliphatic heterocycles. The first-order valence-corrected chi connectivity index (χ1v) is 4.94. The Balaban J connectivity index is 2.27. The van der Waals surface area contributed by atoms with Crippen LogP contribution in [0.1, 0.15) is 5.56 Å². The number of carboxylic acid groups (broad SMARTS) is 1. The average Bonchev–Trinajstić information content (AvgIpc) is 2.66. The topological polar surface area (TPSA) is 52.9 Å². The van der Waals surface area contributed by atoms with E-state index in [1.807, 2.05) is 0 Å². The number of amidine groups is 1. The van der Waals surface area contributed by atoms with Crippen molar-refractivity contribution in [1.29, 1.82) is 0 Å². The summed E-state index contributed by atoms with van der Waals surface area (Å²) in [7, 11) is 0. The van der Waals surface area contributed by atoms with E-state index in [0.29, 0.717) is 24.5 Å². The van der Waals surface area contributed by atoms with Gasteiger partial charge in [-0.15, -0.1) is 0 Å². The number of halogens is 1. The maximum Gasteiger partial charge on any atom is 0.323 e. The highest BCUT2D eigenvalue weighted by atomic mass is 19.1. The van der Waals surface area contributed by atoms with E-state index in [2.05, 4.69) is 4.99 Å². The zero-order chi connectivity index (χ0) is 11.5. The largest absolute Gasteiger partial charge is 0.480 e. The SMILES string of the molecule is O=C(O)CN1CCN=C1c1ccccc1F. The fourth-order valence-electron chi connectivity index (χ4n) is 1.70. The summed E-state index contributed by atoms with van der Waals surface area (Å²) in [5, 5.41) is 8.72. The van der Waals surface area contributed by atoms with Crippen LogP contribution in [-0.4, -0.2) is 41.4 Å². The van der Waals surface area contributed by atoms with Gasteiger partial charge in [0.1, 0.15) is 18.2 Å². The summed E-state index contributed by atoms with van der Waals surface area (Å²) in [6.45, 7) is 0.889. The van der Waals surface area contributed by atoms with Gasteiger partial charge in [0.2, 0.25) is 0 Å². The van der Waals surface area contributed by atoms with Crippen molar-refractivity contribution < 1.29 is 14.3 Å². The van der Waals surface area contributed by atoms with Crippen LogP contribution in [-0.2, 0) is 4.79 Å². The van der Waals surface area contributed by atoms with Gasteiger partial charge in [0, 0.05) is 6.54 Å². The molecule has 2 rings (SSSR count). The quantitative estimate of drug-likeness (QED) is 0.829. The second-order valence-electron chi connectivity index (χ2n) is 3.50. The van der Waals surface area contributed by atoms with Crippen molar-refractivity contribution in [1.82, 2.24) is 4.90 Å². The highest BCUT2D eigenvalue weighted by Crippen LogP contribution is 2.14. The maximum atomic E-state index is 13.5. The lowest BCUT2D eigenvalue weighted by atomic mass is 10.2. The second-order valence-corrected chi connectivity index (χ2v) is 3.50. The van der Waals surface area contributed by atoms with E-state index in [1.54, 1.807) is 23.1 Å². The summed E-state index contributed by atoms with van der Waals surface area (Å²) in [5.41, 5.74) is 0.362. The number of benzene rings is 1. The lowest BCUT2D eigenvalue weighted by Crippen LogP contribution is -2.34. The van der Waals surface area contributed by atoms with Gasteiger partial charge in [0.15, 0.2) is 0 Å². The molecule has 4 nitrogen and oxygen atoms in total.